The first-order chi connectivity index (χ1) is 8.65. The van der Waals surface area contributed by atoms with Crippen molar-refractivity contribution in [2.45, 2.75) is 6.54 Å². The van der Waals surface area contributed by atoms with Crippen LogP contribution < -0.4 is 10.6 Å². The SMILES string of the molecule is O=C(NCc1cn[nH]c1)Nc1cc(Cl)ccc1Cl. The normalized spacial score (nSPS) is 10.1. The molecule has 2 rings (SSSR count). The highest BCUT2D eigenvalue weighted by Crippen LogP contribution is 2.25. The number of carbonyl (C=O) groups excluding carboxylic acids is 1. The third-order valence-electron chi connectivity index (χ3n) is 2.18. The van der Waals surface area contributed by atoms with Crippen molar-refractivity contribution in [2.24, 2.45) is 0 Å². The van der Waals surface area contributed by atoms with Crippen molar-refractivity contribution in [3.8, 4) is 0 Å². The quantitative estimate of drug-likeness (QED) is 0.811. The van der Waals surface area contributed by atoms with Crippen molar-refractivity contribution in [1.82, 2.24) is 15.5 Å². The van der Waals surface area contributed by atoms with Gasteiger partial charge in [-0.15, -0.1) is 0 Å². The van der Waals surface area contributed by atoms with E-state index in [0.29, 0.717) is 22.3 Å². The van der Waals surface area contributed by atoms with Crippen molar-refractivity contribution in [1.29, 1.82) is 0 Å². The van der Waals surface area contributed by atoms with Gasteiger partial charge in [0.25, 0.3) is 0 Å². The molecule has 0 saturated heterocycles. The smallest absolute Gasteiger partial charge is 0.319 e. The summed E-state index contributed by atoms with van der Waals surface area (Å²) in [4.78, 5) is 11.6. The van der Waals surface area contributed by atoms with Crippen LogP contribution in [0, 0.1) is 0 Å². The van der Waals surface area contributed by atoms with Crippen LogP contribution in [0.1, 0.15) is 5.56 Å². The van der Waals surface area contributed by atoms with Crippen LogP contribution in [0.4, 0.5) is 10.5 Å². The fraction of sp³-hybridized carbons (Fsp3) is 0.0909. The molecule has 0 aliphatic carbocycles. The predicted octanol–water partition coefficient (Wildman–Crippen LogP) is 3.04. The van der Waals surface area contributed by atoms with Gasteiger partial charge in [-0.25, -0.2) is 4.79 Å². The lowest BCUT2D eigenvalue weighted by Gasteiger charge is -2.08. The molecule has 0 bridgehead atoms. The molecule has 0 unspecified atom stereocenters. The Labute approximate surface area is 113 Å². The van der Waals surface area contributed by atoms with Crippen molar-refractivity contribution in [3.63, 3.8) is 0 Å². The molecule has 94 valence electrons. The van der Waals surface area contributed by atoms with Gasteiger partial charge in [0.15, 0.2) is 0 Å². The fourth-order valence-electron chi connectivity index (χ4n) is 1.32. The van der Waals surface area contributed by atoms with E-state index in [2.05, 4.69) is 20.8 Å². The van der Waals surface area contributed by atoms with Crippen molar-refractivity contribution >= 4 is 34.9 Å². The van der Waals surface area contributed by atoms with Gasteiger partial charge in [0.2, 0.25) is 0 Å². The lowest BCUT2D eigenvalue weighted by Crippen LogP contribution is -2.28. The number of amides is 2. The zero-order chi connectivity index (χ0) is 13.0. The molecule has 0 aliphatic rings. The first kappa shape index (κ1) is 12.7. The average Bonchev–Trinajstić information content (AvgIpc) is 2.84. The van der Waals surface area contributed by atoms with Gasteiger partial charge in [0, 0.05) is 23.3 Å². The van der Waals surface area contributed by atoms with Gasteiger partial charge in [-0.1, -0.05) is 23.2 Å². The summed E-state index contributed by atoms with van der Waals surface area (Å²) in [5.41, 5.74) is 1.34. The number of rotatable bonds is 3. The molecule has 3 N–H and O–H groups in total. The Balaban J connectivity index is 1.92. The van der Waals surface area contributed by atoms with E-state index < -0.39 is 0 Å². The highest BCUT2D eigenvalue weighted by Gasteiger charge is 2.06. The monoisotopic (exact) mass is 284 g/mol. The topological polar surface area (TPSA) is 69.8 Å². The van der Waals surface area contributed by atoms with E-state index in [1.165, 1.54) is 0 Å². The number of hydrogen-bond acceptors (Lipinski definition) is 2. The predicted molar refractivity (Wildman–Crippen MR) is 70.9 cm³/mol. The number of carbonyl (C=O) groups is 1. The van der Waals surface area contributed by atoms with Gasteiger partial charge >= 0.3 is 6.03 Å². The molecule has 0 fully saturated rings. The van der Waals surface area contributed by atoms with Gasteiger partial charge in [-0.2, -0.15) is 5.10 Å². The zero-order valence-corrected chi connectivity index (χ0v) is 10.7. The summed E-state index contributed by atoms with van der Waals surface area (Å²) in [5.74, 6) is 0. The second kappa shape index (κ2) is 5.75. The van der Waals surface area contributed by atoms with Crippen molar-refractivity contribution in [3.05, 3.63) is 46.2 Å². The number of aromatic nitrogens is 2. The zero-order valence-electron chi connectivity index (χ0n) is 9.21. The summed E-state index contributed by atoms with van der Waals surface area (Å²) in [6, 6.07) is 4.50. The molecule has 1 aromatic carbocycles. The van der Waals surface area contributed by atoms with Gasteiger partial charge in [0.05, 0.1) is 16.9 Å². The summed E-state index contributed by atoms with van der Waals surface area (Å²) in [5, 5.41) is 12.7. The molecule has 0 aliphatic heterocycles. The van der Waals surface area contributed by atoms with Crippen LogP contribution in [0.25, 0.3) is 0 Å². The first-order valence-electron chi connectivity index (χ1n) is 5.13. The van der Waals surface area contributed by atoms with Crippen LogP contribution in [0.15, 0.2) is 30.6 Å². The van der Waals surface area contributed by atoms with Crippen molar-refractivity contribution in [2.75, 3.05) is 5.32 Å². The lowest BCUT2D eigenvalue weighted by molar-refractivity contribution is 0.251. The molecule has 1 heterocycles. The van der Waals surface area contributed by atoms with Crippen molar-refractivity contribution < 1.29 is 4.79 Å². The van der Waals surface area contributed by atoms with Crippen LogP contribution in [-0.4, -0.2) is 16.2 Å². The molecule has 2 amide bonds. The molecular formula is C11H10Cl2N4O. The largest absolute Gasteiger partial charge is 0.334 e. The summed E-state index contributed by atoms with van der Waals surface area (Å²) in [6.07, 6.45) is 3.33. The molecule has 0 spiro atoms. The Bertz CT molecular complexity index is 542. The van der Waals surface area contributed by atoms with Crippen LogP contribution in [0.2, 0.25) is 10.0 Å². The first-order valence-corrected chi connectivity index (χ1v) is 5.88. The van der Waals surface area contributed by atoms with E-state index in [9.17, 15) is 4.79 Å². The number of nitrogens with zero attached hydrogens (tertiary/aromatic N) is 1. The molecule has 7 heteroatoms. The number of urea groups is 1. The van der Waals surface area contributed by atoms with E-state index in [4.69, 9.17) is 23.2 Å². The fourth-order valence-corrected chi connectivity index (χ4v) is 1.65. The molecule has 1 aromatic heterocycles. The Morgan fingerprint density at radius 2 is 2.22 bits per heavy atom. The Hall–Kier alpha value is -1.72. The minimum Gasteiger partial charge on any atom is -0.334 e. The van der Waals surface area contributed by atoms with Gasteiger partial charge in [-0.05, 0) is 18.2 Å². The van der Waals surface area contributed by atoms with Gasteiger partial charge in [0.1, 0.15) is 0 Å². The third-order valence-corrected chi connectivity index (χ3v) is 2.75. The summed E-state index contributed by atoms with van der Waals surface area (Å²) in [6.45, 7) is 0.376. The number of hydrogen-bond donors (Lipinski definition) is 3. The van der Waals surface area contributed by atoms with Gasteiger partial charge < -0.3 is 10.6 Å². The minimum absolute atomic E-state index is 0.361. The van der Waals surface area contributed by atoms with Gasteiger partial charge in [-0.3, -0.25) is 5.10 Å². The minimum atomic E-state index is -0.361. The number of halogens is 2. The van der Waals surface area contributed by atoms with E-state index >= 15 is 0 Å². The van der Waals surface area contributed by atoms with E-state index in [1.54, 1.807) is 30.6 Å². The standard InChI is InChI=1S/C11H10Cl2N4O/c12-8-1-2-9(13)10(3-8)17-11(18)14-4-7-5-15-16-6-7/h1-3,5-6H,4H2,(H,15,16)(H2,14,17,18). The van der Waals surface area contributed by atoms with Crippen LogP contribution in [0.5, 0.6) is 0 Å². The second-order valence-electron chi connectivity index (χ2n) is 3.54. The summed E-state index contributed by atoms with van der Waals surface area (Å²) < 4.78 is 0. The summed E-state index contributed by atoms with van der Waals surface area (Å²) >= 11 is 11.7. The Morgan fingerprint density at radius 3 is 2.94 bits per heavy atom. The van der Waals surface area contributed by atoms with E-state index in [1.807, 2.05) is 0 Å². The molecule has 0 saturated carbocycles. The van der Waals surface area contributed by atoms with E-state index in [-0.39, 0.29) is 6.03 Å². The van der Waals surface area contributed by atoms with E-state index in [0.717, 1.165) is 5.56 Å². The Morgan fingerprint density at radius 1 is 1.39 bits per heavy atom. The highest BCUT2D eigenvalue weighted by molar-refractivity contribution is 6.35. The molecule has 0 atom stereocenters. The maximum absolute atomic E-state index is 11.6. The molecule has 18 heavy (non-hydrogen) atoms. The number of anilines is 1. The van der Waals surface area contributed by atoms with Crippen LogP contribution >= 0.6 is 23.2 Å². The molecular weight excluding hydrogens is 275 g/mol. The average molecular weight is 285 g/mol. The van der Waals surface area contributed by atoms with Crippen LogP contribution in [-0.2, 0) is 6.54 Å². The Kier molecular flexibility index (Phi) is 4.07. The maximum Gasteiger partial charge on any atom is 0.319 e. The second-order valence-corrected chi connectivity index (χ2v) is 4.38. The molecule has 2 aromatic rings. The summed E-state index contributed by atoms with van der Waals surface area (Å²) in [7, 11) is 0. The number of nitrogens with one attached hydrogen (secondary N) is 3. The lowest BCUT2D eigenvalue weighted by atomic mass is 10.3. The van der Waals surface area contributed by atoms with Crippen LogP contribution in [0.3, 0.4) is 0 Å². The maximum atomic E-state index is 11.6. The third kappa shape index (κ3) is 3.38. The molecule has 5 nitrogen and oxygen atoms in total. The highest BCUT2D eigenvalue weighted by atomic mass is 35.5. The molecule has 0 radical (unpaired) electrons. The number of aromatic amines is 1. The number of H-pyrrole nitrogens is 1. The number of benzene rings is 1.